The number of benzene rings is 1. The molecule has 0 radical (unpaired) electrons. The van der Waals surface area contributed by atoms with E-state index in [0.717, 1.165) is 12.1 Å². The third-order valence-corrected chi connectivity index (χ3v) is 3.88. The summed E-state index contributed by atoms with van der Waals surface area (Å²) in [5, 5.41) is 0. The molecule has 0 spiro atoms. The number of fused-ring (bicyclic) bond motifs is 3. The quantitative estimate of drug-likeness (QED) is 0.585. The van der Waals surface area contributed by atoms with Crippen LogP contribution in [0.25, 0.3) is 11.1 Å². The summed E-state index contributed by atoms with van der Waals surface area (Å²) >= 11 is 0. The van der Waals surface area contributed by atoms with Crippen LogP contribution in [0.1, 0.15) is 33.6 Å². The van der Waals surface area contributed by atoms with E-state index in [-0.39, 0.29) is 0 Å². The predicted molar refractivity (Wildman–Crippen MR) is 69.2 cm³/mol. The summed E-state index contributed by atoms with van der Waals surface area (Å²) in [5.74, 6) is 0. The van der Waals surface area contributed by atoms with Gasteiger partial charge in [0.25, 0.3) is 0 Å². The molecule has 0 saturated heterocycles. The predicted octanol–water partition coefficient (Wildman–Crippen LogP) is 3.28. The minimum atomic E-state index is 0.961. The van der Waals surface area contributed by atoms with E-state index in [1.54, 1.807) is 6.33 Å². The summed E-state index contributed by atoms with van der Waals surface area (Å²) < 4.78 is 0. The standard InChI is InChI=1S/C15H16N2/c1-8-5-9(2)14-12(10(8)3)6-13-15(14)11(4)16-7-17-13/h5,7H,6H2,1-4H3. The van der Waals surface area contributed by atoms with Crippen LogP contribution in [0.15, 0.2) is 12.4 Å². The van der Waals surface area contributed by atoms with E-state index in [1.807, 2.05) is 0 Å². The van der Waals surface area contributed by atoms with Crippen molar-refractivity contribution in [3.63, 3.8) is 0 Å². The Bertz CT molecular complexity index is 627. The molecule has 0 saturated carbocycles. The molecular formula is C15H16N2. The Morgan fingerprint density at radius 2 is 1.71 bits per heavy atom. The maximum absolute atomic E-state index is 4.44. The first-order chi connectivity index (χ1) is 8.09. The van der Waals surface area contributed by atoms with Crippen molar-refractivity contribution in [2.45, 2.75) is 34.1 Å². The van der Waals surface area contributed by atoms with Crippen molar-refractivity contribution in [2.24, 2.45) is 0 Å². The summed E-state index contributed by atoms with van der Waals surface area (Å²) in [6.07, 6.45) is 2.64. The summed E-state index contributed by atoms with van der Waals surface area (Å²) in [4.78, 5) is 8.77. The Hall–Kier alpha value is -1.70. The van der Waals surface area contributed by atoms with Crippen molar-refractivity contribution in [1.82, 2.24) is 9.97 Å². The van der Waals surface area contributed by atoms with Crippen LogP contribution in [0, 0.1) is 27.7 Å². The Kier molecular flexibility index (Phi) is 2.09. The first-order valence-electron chi connectivity index (χ1n) is 6.00. The SMILES string of the molecule is Cc1cc(C)c2c(c1C)Cc1ncnc(C)c1-2. The van der Waals surface area contributed by atoms with E-state index in [4.69, 9.17) is 0 Å². The first-order valence-corrected chi connectivity index (χ1v) is 6.00. The fourth-order valence-corrected chi connectivity index (χ4v) is 2.89. The van der Waals surface area contributed by atoms with Gasteiger partial charge in [-0.25, -0.2) is 9.97 Å². The van der Waals surface area contributed by atoms with Crippen molar-refractivity contribution >= 4 is 0 Å². The van der Waals surface area contributed by atoms with Crippen LogP contribution >= 0.6 is 0 Å². The van der Waals surface area contributed by atoms with Crippen LogP contribution < -0.4 is 0 Å². The Labute approximate surface area is 102 Å². The number of nitrogens with zero attached hydrogens (tertiary/aromatic N) is 2. The van der Waals surface area contributed by atoms with Gasteiger partial charge < -0.3 is 0 Å². The van der Waals surface area contributed by atoms with E-state index in [0.29, 0.717) is 0 Å². The highest BCUT2D eigenvalue weighted by Crippen LogP contribution is 2.41. The number of hydrogen-bond acceptors (Lipinski definition) is 2. The van der Waals surface area contributed by atoms with Crippen molar-refractivity contribution < 1.29 is 0 Å². The molecular weight excluding hydrogens is 208 g/mol. The number of hydrogen-bond donors (Lipinski definition) is 0. The molecule has 2 nitrogen and oxygen atoms in total. The lowest BCUT2D eigenvalue weighted by Gasteiger charge is -2.12. The number of rotatable bonds is 0. The molecule has 86 valence electrons. The van der Waals surface area contributed by atoms with Gasteiger partial charge in [0.1, 0.15) is 6.33 Å². The molecule has 17 heavy (non-hydrogen) atoms. The minimum absolute atomic E-state index is 0.961. The molecule has 3 rings (SSSR count). The molecule has 1 aliphatic rings. The van der Waals surface area contributed by atoms with Gasteiger partial charge in [-0.05, 0) is 55.5 Å². The monoisotopic (exact) mass is 224 g/mol. The van der Waals surface area contributed by atoms with Gasteiger partial charge in [-0.15, -0.1) is 0 Å². The summed E-state index contributed by atoms with van der Waals surface area (Å²) in [7, 11) is 0. The average molecular weight is 224 g/mol. The van der Waals surface area contributed by atoms with Gasteiger partial charge in [-0.3, -0.25) is 0 Å². The Morgan fingerprint density at radius 1 is 0.941 bits per heavy atom. The molecule has 1 aliphatic carbocycles. The maximum atomic E-state index is 4.44. The van der Waals surface area contributed by atoms with Gasteiger partial charge in [0, 0.05) is 17.7 Å². The van der Waals surface area contributed by atoms with Crippen LogP contribution in [0.3, 0.4) is 0 Å². The Balaban J connectivity index is 2.40. The van der Waals surface area contributed by atoms with E-state index >= 15 is 0 Å². The van der Waals surface area contributed by atoms with Crippen LogP contribution in [-0.4, -0.2) is 9.97 Å². The van der Waals surface area contributed by atoms with E-state index < -0.39 is 0 Å². The van der Waals surface area contributed by atoms with E-state index in [2.05, 4.69) is 43.7 Å². The lowest BCUT2D eigenvalue weighted by Crippen LogP contribution is -1.94. The number of aromatic nitrogens is 2. The van der Waals surface area contributed by atoms with Gasteiger partial charge in [0.05, 0.1) is 5.69 Å². The maximum Gasteiger partial charge on any atom is 0.115 e. The normalized spacial score (nSPS) is 12.5. The third-order valence-electron chi connectivity index (χ3n) is 3.88. The average Bonchev–Trinajstić information content (AvgIpc) is 2.67. The molecule has 0 atom stereocenters. The highest BCUT2D eigenvalue weighted by molar-refractivity contribution is 5.81. The summed E-state index contributed by atoms with van der Waals surface area (Å²) in [6.45, 7) is 8.66. The molecule has 0 unspecified atom stereocenters. The highest BCUT2D eigenvalue weighted by Gasteiger charge is 2.25. The van der Waals surface area contributed by atoms with Crippen LogP contribution in [0.5, 0.6) is 0 Å². The van der Waals surface area contributed by atoms with Gasteiger partial charge >= 0.3 is 0 Å². The molecule has 0 amide bonds. The molecule has 0 aliphatic heterocycles. The molecule has 0 N–H and O–H groups in total. The minimum Gasteiger partial charge on any atom is -0.241 e. The van der Waals surface area contributed by atoms with E-state index in [1.165, 1.54) is 39.1 Å². The van der Waals surface area contributed by atoms with Gasteiger partial charge in [-0.2, -0.15) is 0 Å². The fourth-order valence-electron chi connectivity index (χ4n) is 2.89. The number of aryl methyl sites for hydroxylation is 3. The van der Waals surface area contributed by atoms with Crippen LogP contribution in [0.2, 0.25) is 0 Å². The van der Waals surface area contributed by atoms with Crippen LogP contribution in [0.4, 0.5) is 0 Å². The Morgan fingerprint density at radius 3 is 2.47 bits per heavy atom. The third kappa shape index (κ3) is 1.33. The van der Waals surface area contributed by atoms with Crippen LogP contribution in [-0.2, 0) is 6.42 Å². The summed E-state index contributed by atoms with van der Waals surface area (Å²) in [6, 6.07) is 2.27. The zero-order valence-electron chi connectivity index (χ0n) is 10.8. The topological polar surface area (TPSA) is 25.8 Å². The second kappa shape index (κ2) is 3.39. The zero-order chi connectivity index (χ0) is 12.2. The lowest BCUT2D eigenvalue weighted by molar-refractivity contribution is 1.03. The lowest BCUT2D eigenvalue weighted by atomic mass is 9.93. The van der Waals surface area contributed by atoms with Gasteiger partial charge in [-0.1, -0.05) is 6.07 Å². The van der Waals surface area contributed by atoms with E-state index in [9.17, 15) is 0 Å². The van der Waals surface area contributed by atoms with Crippen molar-refractivity contribution in [2.75, 3.05) is 0 Å². The van der Waals surface area contributed by atoms with Crippen molar-refractivity contribution in [3.05, 3.63) is 46.0 Å². The first kappa shape index (κ1) is 10.5. The fraction of sp³-hybridized carbons (Fsp3) is 0.333. The summed E-state index contributed by atoms with van der Waals surface area (Å²) in [5.41, 5.74) is 10.5. The second-order valence-corrected chi connectivity index (χ2v) is 4.95. The second-order valence-electron chi connectivity index (χ2n) is 4.95. The molecule has 1 aromatic heterocycles. The molecule has 2 heteroatoms. The van der Waals surface area contributed by atoms with Crippen molar-refractivity contribution in [3.8, 4) is 11.1 Å². The molecule has 2 aromatic rings. The largest absolute Gasteiger partial charge is 0.241 e. The van der Waals surface area contributed by atoms with Gasteiger partial charge in [0.15, 0.2) is 0 Å². The smallest absolute Gasteiger partial charge is 0.115 e. The molecule has 1 heterocycles. The molecule has 0 bridgehead atoms. The van der Waals surface area contributed by atoms with Crippen molar-refractivity contribution in [1.29, 1.82) is 0 Å². The van der Waals surface area contributed by atoms with Gasteiger partial charge in [0.2, 0.25) is 0 Å². The highest BCUT2D eigenvalue weighted by atomic mass is 14.8. The zero-order valence-corrected chi connectivity index (χ0v) is 10.8. The molecule has 1 aromatic carbocycles. The molecule has 0 fully saturated rings.